The van der Waals surface area contributed by atoms with E-state index < -0.39 is 36.1 Å². The zero-order valence-corrected chi connectivity index (χ0v) is 16.0. The number of nitrogens with two attached hydrogens (primary N) is 1. The lowest BCUT2D eigenvalue weighted by Gasteiger charge is -2.16. The van der Waals surface area contributed by atoms with Crippen molar-refractivity contribution in [3.05, 3.63) is 71.4 Å². The Hall–Kier alpha value is -3.80. The van der Waals surface area contributed by atoms with Crippen LogP contribution in [0.2, 0.25) is 0 Å². The minimum absolute atomic E-state index is 0.00392. The van der Waals surface area contributed by atoms with Gasteiger partial charge in [-0.05, 0) is 24.3 Å². The smallest absolute Gasteiger partial charge is 0.351 e. The molecule has 2 aromatic heterocycles. The van der Waals surface area contributed by atoms with Crippen LogP contribution in [0.25, 0.3) is 0 Å². The molecule has 3 heterocycles. The van der Waals surface area contributed by atoms with Crippen molar-refractivity contribution in [3.63, 3.8) is 0 Å². The van der Waals surface area contributed by atoms with E-state index in [9.17, 15) is 19.8 Å². The molecule has 11 heteroatoms. The number of nitrogens with zero attached hydrogens (tertiary/aromatic N) is 3. The molecule has 160 valence electrons. The third kappa shape index (κ3) is 4.38. The number of amides is 1. The Bertz CT molecular complexity index is 1120. The molecule has 1 aromatic carbocycles. The second-order valence-corrected chi connectivity index (χ2v) is 6.76. The molecule has 1 aliphatic rings. The summed E-state index contributed by atoms with van der Waals surface area (Å²) in [5.41, 5.74) is 4.99. The number of pyridine rings is 1. The molecule has 1 amide bonds. The maximum absolute atomic E-state index is 12.6. The molecular weight excluding hydrogens is 406 g/mol. The molecule has 0 saturated carbocycles. The minimum atomic E-state index is -1.57. The fourth-order valence-electron chi connectivity index (χ4n) is 3.06. The van der Waals surface area contributed by atoms with Crippen LogP contribution in [0, 0.1) is 0 Å². The maximum atomic E-state index is 12.6. The maximum Gasteiger partial charge on any atom is 0.351 e. The lowest BCUT2D eigenvalue weighted by Crippen LogP contribution is -2.39. The number of aromatic nitrogens is 3. The molecule has 0 spiro atoms. The first-order chi connectivity index (χ1) is 14.9. The van der Waals surface area contributed by atoms with Crippen molar-refractivity contribution < 1.29 is 24.5 Å². The van der Waals surface area contributed by atoms with E-state index in [2.05, 4.69) is 15.3 Å². The Labute approximate surface area is 175 Å². The number of benzene rings is 1. The Morgan fingerprint density at radius 3 is 2.58 bits per heavy atom. The summed E-state index contributed by atoms with van der Waals surface area (Å²) in [4.78, 5) is 32.2. The topological polar surface area (TPSA) is 162 Å². The van der Waals surface area contributed by atoms with Gasteiger partial charge in [0.1, 0.15) is 23.8 Å². The summed E-state index contributed by atoms with van der Waals surface area (Å²) in [5.74, 6) is 0.216. The van der Waals surface area contributed by atoms with Crippen LogP contribution in [0.3, 0.4) is 0 Å². The number of hydrogen-bond acceptors (Lipinski definition) is 9. The monoisotopic (exact) mass is 425 g/mol. The first kappa shape index (κ1) is 20.5. The van der Waals surface area contributed by atoms with Crippen molar-refractivity contribution >= 4 is 17.4 Å². The van der Waals surface area contributed by atoms with E-state index in [-0.39, 0.29) is 5.82 Å². The quantitative estimate of drug-likeness (QED) is 0.449. The Morgan fingerprint density at radius 1 is 1.13 bits per heavy atom. The fraction of sp³-hybridized carbons (Fsp3) is 0.200. The second kappa shape index (κ2) is 8.52. The van der Waals surface area contributed by atoms with E-state index in [1.807, 2.05) is 18.2 Å². The summed E-state index contributed by atoms with van der Waals surface area (Å²) < 4.78 is 12.0. The average molecular weight is 425 g/mol. The second-order valence-electron chi connectivity index (χ2n) is 6.76. The predicted octanol–water partition coefficient (Wildman–Crippen LogP) is 0.271. The van der Waals surface area contributed by atoms with Gasteiger partial charge in [0.2, 0.25) is 5.88 Å². The zero-order chi connectivity index (χ0) is 22.0. The van der Waals surface area contributed by atoms with Crippen LogP contribution in [0.1, 0.15) is 6.23 Å². The van der Waals surface area contributed by atoms with Crippen LogP contribution >= 0.6 is 0 Å². The SMILES string of the molecule is Nc1ccn([C@@H]2O[C@H](C(=O)Nc3ccc(Oc4ccccc4)nc3)[C@@H](O)[C@H]2O)c(=O)n1. The first-order valence-corrected chi connectivity index (χ1v) is 9.28. The van der Waals surface area contributed by atoms with Gasteiger partial charge in [-0.15, -0.1) is 0 Å². The lowest BCUT2D eigenvalue weighted by molar-refractivity contribution is -0.132. The van der Waals surface area contributed by atoms with Crippen LogP contribution < -0.4 is 21.5 Å². The van der Waals surface area contributed by atoms with Gasteiger partial charge in [-0.2, -0.15) is 4.98 Å². The van der Waals surface area contributed by atoms with Crippen molar-refractivity contribution in [2.45, 2.75) is 24.5 Å². The minimum Gasteiger partial charge on any atom is -0.439 e. The molecule has 31 heavy (non-hydrogen) atoms. The van der Waals surface area contributed by atoms with Gasteiger partial charge in [-0.1, -0.05) is 18.2 Å². The Balaban J connectivity index is 1.43. The highest BCUT2D eigenvalue weighted by Gasteiger charge is 2.47. The van der Waals surface area contributed by atoms with E-state index in [0.717, 1.165) is 4.57 Å². The number of para-hydroxylation sites is 1. The van der Waals surface area contributed by atoms with Gasteiger partial charge in [0.05, 0.1) is 11.9 Å². The van der Waals surface area contributed by atoms with Crippen molar-refractivity contribution in [2.75, 3.05) is 11.1 Å². The largest absolute Gasteiger partial charge is 0.439 e. The molecule has 0 radical (unpaired) electrons. The van der Waals surface area contributed by atoms with E-state index in [1.165, 1.54) is 18.5 Å². The number of ether oxygens (including phenoxy) is 2. The lowest BCUT2D eigenvalue weighted by atomic mass is 10.1. The van der Waals surface area contributed by atoms with Crippen LogP contribution in [0.15, 0.2) is 65.7 Å². The van der Waals surface area contributed by atoms with E-state index in [4.69, 9.17) is 15.2 Å². The number of aliphatic hydroxyl groups is 2. The summed E-state index contributed by atoms with van der Waals surface area (Å²) in [7, 11) is 0. The molecule has 3 aromatic rings. The van der Waals surface area contributed by atoms with Gasteiger partial charge in [-0.25, -0.2) is 9.78 Å². The highest BCUT2D eigenvalue weighted by Crippen LogP contribution is 2.29. The van der Waals surface area contributed by atoms with Gasteiger partial charge >= 0.3 is 5.69 Å². The molecule has 1 aliphatic heterocycles. The van der Waals surface area contributed by atoms with E-state index in [1.54, 1.807) is 24.3 Å². The highest BCUT2D eigenvalue weighted by molar-refractivity contribution is 5.94. The number of rotatable bonds is 5. The van der Waals surface area contributed by atoms with Crippen molar-refractivity contribution in [2.24, 2.45) is 0 Å². The third-order valence-corrected chi connectivity index (χ3v) is 4.59. The van der Waals surface area contributed by atoms with Gasteiger partial charge in [0, 0.05) is 12.3 Å². The Kier molecular flexibility index (Phi) is 5.62. The molecule has 1 fully saturated rings. The average Bonchev–Trinajstić information content (AvgIpc) is 3.05. The van der Waals surface area contributed by atoms with E-state index >= 15 is 0 Å². The molecular formula is C20H19N5O6. The number of nitrogen functional groups attached to an aromatic ring is 1. The molecule has 0 aliphatic carbocycles. The molecule has 5 N–H and O–H groups in total. The van der Waals surface area contributed by atoms with E-state index in [0.29, 0.717) is 17.3 Å². The number of carbonyl (C=O) groups excluding carboxylic acids is 1. The molecule has 4 atom stereocenters. The highest BCUT2D eigenvalue weighted by atomic mass is 16.6. The zero-order valence-electron chi connectivity index (χ0n) is 16.0. The van der Waals surface area contributed by atoms with Crippen LogP contribution in [-0.2, 0) is 9.53 Å². The van der Waals surface area contributed by atoms with Crippen LogP contribution in [0.4, 0.5) is 11.5 Å². The molecule has 4 rings (SSSR count). The Morgan fingerprint density at radius 2 is 1.90 bits per heavy atom. The van der Waals surface area contributed by atoms with Gasteiger partial charge in [0.25, 0.3) is 5.91 Å². The van der Waals surface area contributed by atoms with Crippen molar-refractivity contribution in [1.29, 1.82) is 0 Å². The molecule has 1 saturated heterocycles. The summed E-state index contributed by atoms with van der Waals surface area (Å²) in [6.07, 6.45) is -3.18. The standard InChI is InChI=1S/C20H19N5O6/c21-13-8-9-25(20(29)24-13)19-16(27)15(26)17(31-19)18(28)23-11-6-7-14(22-10-11)30-12-4-2-1-3-5-12/h1-10,15-17,19,26-27H,(H,23,28)(H2,21,24,29)/t15-,16+,17-,19+/m0/s1. The van der Waals surface area contributed by atoms with Gasteiger partial charge in [-0.3, -0.25) is 9.36 Å². The molecule has 0 bridgehead atoms. The van der Waals surface area contributed by atoms with Crippen LogP contribution in [-0.4, -0.2) is 49.0 Å². The van der Waals surface area contributed by atoms with Crippen LogP contribution in [0.5, 0.6) is 11.6 Å². The summed E-state index contributed by atoms with van der Waals surface area (Å²) in [6, 6.07) is 13.5. The normalized spacial score (nSPS) is 22.8. The first-order valence-electron chi connectivity index (χ1n) is 9.28. The van der Waals surface area contributed by atoms with Gasteiger partial charge in [0.15, 0.2) is 12.3 Å². The molecule has 11 nitrogen and oxygen atoms in total. The number of nitrogens with one attached hydrogen (secondary N) is 1. The molecule has 0 unspecified atom stereocenters. The number of anilines is 2. The fourth-order valence-corrected chi connectivity index (χ4v) is 3.06. The van der Waals surface area contributed by atoms with Crippen molar-refractivity contribution in [1.82, 2.24) is 14.5 Å². The number of hydrogen-bond donors (Lipinski definition) is 4. The predicted molar refractivity (Wildman–Crippen MR) is 108 cm³/mol. The van der Waals surface area contributed by atoms with Crippen molar-refractivity contribution in [3.8, 4) is 11.6 Å². The summed E-state index contributed by atoms with van der Waals surface area (Å²) in [6.45, 7) is 0. The number of aliphatic hydroxyl groups excluding tert-OH is 2. The third-order valence-electron chi connectivity index (χ3n) is 4.59. The van der Waals surface area contributed by atoms with Gasteiger partial charge < -0.3 is 30.7 Å². The summed E-state index contributed by atoms with van der Waals surface area (Å²) >= 11 is 0. The summed E-state index contributed by atoms with van der Waals surface area (Å²) in [5, 5.41) is 23.1. The number of carbonyl (C=O) groups is 1.